The number of benzene rings is 1. The number of ether oxygens (including phenoxy) is 1. The van der Waals surface area contributed by atoms with Gasteiger partial charge >= 0.3 is 0 Å². The second-order valence-corrected chi connectivity index (χ2v) is 4.35. The molecule has 1 N–H and O–H groups in total. The third kappa shape index (κ3) is 1.88. The maximum absolute atomic E-state index is 9.78. The molecule has 0 saturated carbocycles. The Balaban J connectivity index is 2.19. The molecule has 2 rings (SSSR count). The summed E-state index contributed by atoms with van der Waals surface area (Å²) in [6.45, 7) is 0.775. The van der Waals surface area contributed by atoms with E-state index < -0.39 is 0 Å². The van der Waals surface area contributed by atoms with Gasteiger partial charge in [-0.3, -0.25) is 0 Å². The van der Waals surface area contributed by atoms with Crippen LogP contribution >= 0.6 is 11.8 Å². The van der Waals surface area contributed by atoms with Gasteiger partial charge in [0, 0.05) is 12.2 Å². The lowest BCUT2D eigenvalue weighted by molar-refractivity contribution is 0.203. The van der Waals surface area contributed by atoms with Crippen LogP contribution in [0.3, 0.4) is 0 Å². The minimum Gasteiger partial charge on any atom is -0.493 e. The van der Waals surface area contributed by atoms with E-state index in [0.29, 0.717) is 0 Å². The molecule has 0 amide bonds. The van der Waals surface area contributed by atoms with Gasteiger partial charge < -0.3 is 9.84 Å². The van der Waals surface area contributed by atoms with Crippen LogP contribution in [0.4, 0.5) is 0 Å². The first-order valence-electron chi connectivity index (χ1n) is 4.74. The number of thioether (sulfide) groups is 1. The summed E-state index contributed by atoms with van der Waals surface area (Å²) in [5.74, 6) is 1.68. The van der Waals surface area contributed by atoms with Crippen LogP contribution in [-0.2, 0) is 6.42 Å². The third-order valence-corrected chi connectivity index (χ3v) is 3.08. The molecule has 3 heteroatoms. The first-order valence-corrected chi connectivity index (χ1v) is 6.13. The molecule has 1 aromatic carbocycles. The average molecular weight is 210 g/mol. The first kappa shape index (κ1) is 9.87. The quantitative estimate of drug-likeness (QED) is 0.827. The highest BCUT2D eigenvalue weighted by Crippen LogP contribution is 2.29. The van der Waals surface area contributed by atoms with Crippen LogP contribution in [0.15, 0.2) is 18.2 Å². The monoisotopic (exact) mass is 210 g/mol. The Hall–Kier alpha value is -0.670. The second kappa shape index (κ2) is 4.24. The zero-order chi connectivity index (χ0) is 9.97. The average Bonchev–Trinajstić information content (AvgIpc) is 2.64. The highest BCUT2D eigenvalue weighted by atomic mass is 32.2. The van der Waals surface area contributed by atoms with Gasteiger partial charge in [0.05, 0.1) is 12.7 Å². The predicted octanol–water partition coefficient (Wildman–Crippen LogP) is 2.02. The largest absolute Gasteiger partial charge is 0.493 e. The number of hydrogen-bond donors (Lipinski definition) is 1. The third-order valence-electron chi connectivity index (χ3n) is 2.43. The van der Waals surface area contributed by atoms with Crippen LogP contribution in [0.5, 0.6) is 5.75 Å². The van der Waals surface area contributed by atoms with Crippen LogP contribution in [-0.4, -0.2) is 23.7 Å². The van der Waals surface area contributed by atoms with E-state index in [1.54, 1.807) is 11.8 Å². The van der Waals surface area contributed by atoms with E-state index in [4.69, 9.17) is 4.74 Å². The molecule has 0 spiro atoms. The first-order chi connectivity index (χ1) is 6.81. The van der Waals surface area contributed by atoms with Gasteiger partial charge in [0.25, 0.3) is 0 Å². The standard InChI is InChI=1S/C11H14O2S/c1-14-7-10(12)9-3-2-8-4-5-13-11(8)6-9/h2-3,6,10,12H,4-5,7H2,1H3. The molecule has 0 fully saturated rings. The van der Waals surface area contributed by atoms with Crippen molar-refractivity contribution in [3.63, 3.8) is 0 Å². The lowest BCUT2D eigenvalue weighted by Crippen LogP contribution is -2.00. The fourth-order valence-corrected chi connectivity index (χ4v) is 2.15. The zero-order valence-corrected chi connectivity index (χ0v) is 9.01. The predicted molar refractivity (Wildman–Crippen MR) is 59.0 cm³/mol. The molecule has 1 atom stereocenters. The Morgan fingerprint density at radius 1 is 1.57 bits per heavy atom. The molecule has 1 heterocycles. The zero-order valence-electron chi connectivity index (χ0n) is 8.19. The molecule has 1 aromatic rings. The summed E-state index contributed by atoms with van der Waals surface area (Å²) in [4.78, 5) is 0. The summed E-state index contributed by atoms with van der Waals surface area (Å²) < 4.78 is 5.45. The number of hydrogen-bond acceptors (Lipinski definition) is 3. The molecule has 14 heavy (non-hydrogen) atoms. The molecule has 1 aliphatic heterocycles. The molecule has 0 radical (unpaired) electrons. The molecule has 76 valence electrons. The summed E-state index contributed by atoms with van der Waals surface area (Å²) in [7, 11) is 0. The topological polar surface area (TPSA) is 29.5 Å². The van der Waals surface area contributed by atoms with Crippen molar-refractivity contribution in [3.8, 4) is 5.75 Å². The van der Waals surface area contributed by atoms with Crippen molar-refractivity contribution in [2.24, 2.45) is 0 Å². The Morgan fingerprint density at radius 3 is 3.21 bits per heavy atom. The molecule has 0 saturated heterocycles. The van der Waals surface area contributed by atoms with Gasteiger partial charge in [-0.25, -0.2) is 0 Å². The van der Waals surface area contributed by atoms with Gasteiger partial charge in [-0.15, -0.1) is 0 Å². The van der Waals surface area contributed by atoms with Crippen LogP contribution < -0.4 is 4.74 Å². The van der Waals surface area contributed by atoms with E-state index in [1.165, 1.54) is 5.56 Å². The maximum Gasteiger partial charge on any atom is 0.122 e. The molecule has 0 aromatic heterocycles. The van der Waals surface area contributed by atoms with Gasteiger partial charge in [-0.05, 0) is 23.4 Å². The molecule has 1 unspecified atom stereocenters. The molecule has 0 bridgehead atoms. The van der Waals surface area contributed by atoms with Gasteiger partial charge in [-0.2, -0.15) is 11.8 Å². The van der Waals surface area contributed by atoms with E-state index in [1.807, 2.05) is 18.4 Å². The van der Waals surface area contributed by atoms with E-state index >= 15 is 0 Å². The summed E-state index contributed by atoms with van der Waals surface area (Å²) in [5, 5.41) is 9.78. The molecule has 1 aliphatic rings. The molecular weight excluding hydrogens is 196 g/mol. The number of rotatable bonds is 3. The van der Waals surface area contributed by atoms with Gasteiger partial charge in [0.2, 0.25) is 0 Å². The Labute approximate surface area is 88.3 Å². The van der Waals surface area contributed by atoms with Gasteiger partial charge in [-0.1, -0.05) is 12.1 Å². The highest BCUT2D eigenvalue weighted by molar-refractivity contribution is 7.98. The smallest absolute Gasteiger partial charge is 0.122 e. The van der Waals surface area contributed by atoms with Gasteiger partial charge in [0.1, 0.15) is 5.75 Å². The summed E-state index contributed by atoms with van der Waals surface area (Å²) in [6.07, 6.45) is 2.61. The van der Waals surface area contributed by atoms with Crippen molar-refractivity contribution in [1.82, 2.24) is 0 Å². The Kier molecular flexibility index (Phi) is 2.99. The van der Waals surface area contributed by atoms with Crippen molar-refractivity contribution in [2.75, 3.05) is 18.6 Å². The number of aliphatic hydroxyl groups excluding tert-OH is 1. The van der Waals surface area contributed by atoms with Crippen molar-refractivity contribution >= 4 is 11.8 Å². The van der Waals surface area contributed by atoms with Crippen molar-refractivity contribution < 1.29 is 9.84 Å². The fourth-order valence-electron chi connectivity index (χ4n) is 1.64. The summed E-state index contributed by atoms with van der Waals surface area (Å²) in [6, 6.07) is 6.01. The van der Waals surface area contributed by atoms with E-state index in [0.717, 1.165) is 30.1 Å². The van der Waals surface area contributed by atoms with Gasteiger partial charge in [0.15, 0.2) is 0 Å². The molecular formula is C11H14O2S. The molecule has 2 nitrogen and oxygen atoms in total. The van der Waals surface area contributed by atoms with E-state index in [-0.39, 0.29) is 6.10 Å². The number of fused-ring (bicyclic) bond motifs is 1. The Morgan fingerprint density at radius 2 is 2.43 bits per heavy atom. The number of aliphatic hydroxyl groups is 1. The lowest BCUT2D eigenvalue weighted by atomic mass is 10.1. The molecule has 0 aliphatic carbocycles. The maximum atomic E-state index is 9.78. The van der Waals surface area contributed by atoms with Crippen LogP contribution in [0.2, 0.25) is 0 Å². The lowest BCUT2D eigenvalue weighted by Gasteiger charge is -2.10. The highest BCUT2D eigenvalue weighted by Gasteiger charge is 2.14. The van der Waals surface area contributed by atoms with Crippen molar-refractivity contribution in [3.05, 3.63) is 29.3 Å². The summed E-state index contributed by atoms with van der Waals surface area (Å²) >= 11 is 1.65. The van der Waals surface area contributed by atoms with Crippen molar-refractivity contribution in [1.29, 1.82) is 0 Å². The van der Waals surface area contributed by atoms with Crippen LogP contribution in [0, 0.1) is 0 Å². The summed E-state index contributed by atoms with van der Waals surface area (Å²) in [5.41, 5.74) is 2.21. The van der Waals surface area contributed by atoms with Crippen molar-refractivity contribution in [2.45, 2.75) is 12.5 Å². The normalized spacial score (nSPS) is 16.1. The fraction of sp³-hybridized carbons (Fsp3) is 0.455. The van der Waals surface area contributed by atoms with Crippen LogP contribution in [0.25, 0.3) is 0 Å². The van der Waals surface area contributed by atoms with E-state index in [9.17, 15) is 5.11 Å². The Bertz CT molecular complexity index is 325. The van der Waals surface area contributed by atoms with E-state index in [2.05, 4.69) is 6.07 Å². The van der Waals surface area contributed by atoms with Crippen LogP contribution in [0.1, 0.15) is 17.2 Å². The SMILES string of the molecule is CSCC(O)c1ccc2c(c1)OCC2. The minimum atomic E-state index is -0.375. The second-order valence-electron chi connectivity index (χ2n) is 3.44. The minimum absolute atomic E-state index is 0.375.